The zero-order valence-electron chi connectivity index (χ0n) is 20.4. The number of hydrogen-bond donors (Lipinski definition) is 1. The smallest absolute Gasteiger partial charge is 0.135 e. The summed E-state index contributed by atoms with van der Waals surface area (Å²) in [6, 6.07) is 4.05. The van der Waals surface area contributed by atoms with Crippen molar-refractivity contribution in [1.82, 2.24) is 19.8 Å². The van der Waals surface area contributed by atoms with E-state index in [0.29, 0.717) is 6.61 Å². The van der Waals surface area contributed by atoms with E-state index in [4.69, 9.17) is 19.2 Å². The minimum Gasteiger partial charge on any atom is -0.492 e. The number of aliphatic imine (C=N–C) groups is 1. The van der Waals surface area contributed by atoms with E-state index in [-0.39, 0.29) is 6.10 Å². The van der Waals surface area contributed by atoms with Crippen molar-refractivity contribution in [1.29, 1.82) is 0 Å². The normalized spacial score (nSPS) is 23.7. The molecule has 1 aromatic carbocycles. The lowest BCUT2D eigenvalue weighted by Crippen LogP contribution is -2.45. The van der Waals surface area contributed by atoms with E-state index < -0.39 is 10.9 Å². The first kappa shape index (κ1) is 23.5. The highest BCUT2D eigenvalue weighted by Gasteiger charge is 2.24. The number of thiol groups is 1. The van der Waals surface area contributed by atoms with Crippen molar-refractivity contribution < 1.29 is 14.2 Å². The molecular weight excluding hydrogens is 450 g/mol. The second-order valence-corrected chi connectivity index (χ2v) is 11.3. The van der Waals surface area contributed by atoms with E-state index in [1.165, 1.54) is 4.91 Å². The first-order chi connectivity index (χ1) is 16.6. The molecule has 2 aromatic rings. The molecule has 2 fully saturated rings. The van der Waals surface area contributed by atoms with Gasteiger partial charge in [-0.25, -0.2) is 9.97 Å². The van der Waals surface area contributed by atoms with Crippen molar-refractivity contribution >= 4 is 27.3 Å². The molecule has 8 nitrogen and oxygen atoms in total. The number of aromatic nitrogens is 2. The molecule has 2 saturated heterocycles. The summed E-state index contributed by atoms with van der Waals surface area (Å²) in [6.45, 7) is 11.6. The van der Waals surface area contributed by atoms with E-state index in [9.17, 15) is 0 Å². The maximum absolute atomic E-state index is 6.57. The monoisotopic (exact) mass is 485 g/mol. The number of benzene rings is 1. The third-order valence-corrected chi connectivity index (χ3v) is 9.06. The number of likely N-dealkylation sites (N-methyl/N-ethyl adjacent to an activating group) is 1. The molecule has 0 radical (unpaired) electrons. The zero-order valence-corrected chi connectivity index (χ0v) is 21.3. The number of rotatable bonds is 7. The van der Waals surface area contributed by atoms with E-state index in [2.05, 4.69) is 40.7 Å². The first-order valence-corrected chi connectivity index (χ1v) is 13.6. The molecule has 0 spiro atoms. The topological polar surface area (TPSA) is 72.3 Å². The Morgan fingerprint density at radius 2 is 1.88 bits per heavy atom. The minimum absolute atomic E-state index is 0.119. The molecule has 3 aliphatic rings. The summed E-state index contributed by atoms with van der Waals surface area (Å²) in [6.07, 6.45) is 3.54. The first-order valence-electron chi connectivity index (χ1n) is 12.2. The van der Waals surface area contributed by atoms with Crippen LogP contribution in [0.4, 0.5) is 0 Å². The van der Waals surface area contributed by atoms with Gasteiger partial charge in [-0.05, 0) is 25.8 Å². The quantitative estimate of drug-likeness (QED) is 0.476. The molecule has 0 amide bonds. The van der Waals surface area contributed by atoms with E-state index in [1.807, 2.05) is 17.7 Å². The molecule has 184 valence electrons. The third-order valence-electron chi connectivity index (χ3n) is 6.87. The van der Waals surface area contributed by atoms with Crippen LogP contribution in [0, 0.1) is 0 Å². The van der Waals surface area contributed by atoms with Crippen LogP contribution in [0.2, 0.25) is 0 Å². The zero-order chi connectivity index (χ0) is 23.5. The molecular formula is C25H35N5O3S. The molecule has 5 rings (SSSR count). The van der Waals surface area contributed by atoms with Crippen molar-refractivity contribution in [2.75, 3.05) is 59.6 Å². The molecule has 4 heterocycles. The molecule has 0 bridgehead atoms. The summed E-state index contributed by atoms with van der Waals surface area (Å²) in [5, 5.41) is 1.98. The van der Waals surface area contributed by atoms with Crippen LogP contribution >= 0.6 is 10.9 Å². The van der Waals surface area contributed by atoms with E-state index in [1.54, 1.807) is 6.33 Å². The maximum Gasteiger partial charge on any atom is 0.135 e. The van der Waals surface area contributed by atoms with Crippen LogP contribution in [0.25, 0.3) is 10.9 Å². The number of ether oxygens (including phenoxy) is 3. The van der Waals surface area contributed by atoms with Crippen LogP contribution in [-0.2, 0) is 4.74 Å². The Kier molecular flexibility index (Phi) is 7.34. The lowest BCUT2D eigenvalue weighted by molar-refractivity contribution is 0.0260. The fraction of sp³-hybridized carbons (Fsp3) is 0.560. The number of hydrogen-bond acceptors (Lipinski definition) is 8. The van der Waals surface area contributed by atoms with Crippen molar-refractivity contribution in [3.8, 4) is 11.5 Å². The minimum atomic E-state index is -0.732. The molecule has 0 N–H and O–H groups in total. The van der Waals surface area contributed by atoms with Crippen LogP contribution in [0.1, 0.15) is 26.7 Å². The van der Waals surface area contributed by atoms with Crippen LogP contribution in [-0.4, -0.2) is 91.0 Å². The van der Waals surface area contributed by atoms with Crippen molar-refractivity contribution in [2.45, 2.75) is 37.8 Å². The van der Waals surface area contributed by atoms with Gasteiger partial charge >= 0.3 is 0 Å². The Labute approximate surface area is 204 Å². The van der Waals surface area contributed by atoms with Gasteiger partial charge in [-0.3, -0.25) is 9.89 Å². The Morgan fingerprint density at radius 3 is 2.62 bits per heavy atom. The molecule has 1 atom stereocenters. The summed E-state index contributed by atoms with van der Waals surface area (Å²) in [4.78, 5) is 20.0. The Morgan fingerprint density at radius 1 is 1.09 bits per heavy atom. The summed E-state index contributed by atoms with van der Waals surface area (Å²) in [7, 11) is 1.44. The molecule has 0 saturated carbocycles. The molecule has 34 heavy (non-hydrogen) atoms. The highest BCUT2D eigenvalue weighted by atomic mass is 32.2. The summed E-state index contributed by atoms with van der Waals surface area (Å²) in [5.74, 6) is 1.60. The fourth-order valence-electron chi connectivity index (χ4n) is 4.52. The average Bonchev–Trinajstić information content (AvgIpc) is 3.18. The molecule has 1 unspecified atom stereocenters. The SMILES string of the molecule is CC1=C(C)[SH](c2ncnc3cc(OCCN4CCN(C)CC4)cc(OC4CCOCC4)c23)C=N1. The van der Waals surface area contributed by atoms with Gasteiger partial charge in [0.15, 0.2) is 0 Å². The number of nitrogens with zero attached hydrogens (tertiary/aromatic N) is 5. The van der Waals surface area contributed by atoms with Crippen LogP contribution in [0.3, 0.4) is 0 Å². The summed E-state index contributed by atoms with van der Waals surface area (Å²) < 4.78 is 18.3. The fourth-order valence-corrected chi connectivity index (χ4v) is 6.46. The Hall–Kier alpha value is -2.20. The number of allylic oxidation sites excluding steroid dienone is 2. The van der Waals surface area contributed by atoms with Gasteiger partial charge in [-0.2, -0.15) is 0 Å². The maximum atomic E-state index is 6.57. The van der Waals surface area contributed by atoms with Crippen molar-refractivity contribution in [3.63, 3.8) is 0 Å². The van der Waals surface area contributed by atoms with Gasteiger partial charge in [0.05, 0.1) is 24.1 Å². The molecule has 3 aliphatic heterocycles. The van der Waals surface area contributed by atoms with Crippen LogP contribution in [0.5, 0.6) is 11.5 Å². The van der Waals surface area contributed by atoms with E-state index >= 15 is 0 Å². The number of fused-ring (bicyclic) bond motifs is 1. The predicted molar refractivity (Wildman–Crippen MR) is 138 cm³/mol. The molecule has 1 aromatic heterocycles. The second kappa shape index (κ2) is 10.6. The van der Waals surface area contributed by atoms with Crippen molar-refractivity contribution in [2.24, 2.45) is 4.99 Å². The lowest BCUT2D eigenvalue weighted by Gasteiger charge is -2.32. The largest absolute Gasteiger partial charge is 0.492 e. The summed E-state index contributed by atoms with van der Waals surface area (Å²) in [5.41, 5.74) is 3.98. The Bertz CT molecular complexity index is 1080. The van der Waals surface area contributed by atoms with Gasteiger partial charge in [0.25, 0.3) is 0 Å². The van der Waals surface area contributed by atoms with Gasteiger partial charge in [0, 0.05) is 68.9 Å². The lowest BCUT2D eigenvalue weighted by atomic mass is 10.1. The van der Waals surface area contributed by atoms with Gasteiger partial charge < -0.3 is 19.1 Å². The van der Waals surface area contributed by atoms with Gasteiger partial charge in [-0.1, -0.05) is 0 Å². The Balaban J connectivity index is 1.42. The molecule has 0 aliphatic carbocycles. The van der Waals surface area contributed by atoms with Gasteiger partial charge in [-0.15, -0.1) is 10.9 Å². The van der Waals surface area contributed by atoms with Crippen LogP contribution in [0.15, 0.2) is 39.1 Å². The second-order valence-electron chi connectivity index (χ2n) is 9.22. The van der Waals surface area contributed by atoms with Crippen molar-refractivity contribution in [3.05, 3.63) is 29.1 Å². The summed E-state index contributed by atoms with van der Waals surface area (Å²) >= 11 is 0. The van der Waals surface area contributed by atoms with E-state index in [0.717, 1.165) is 91.9 Å². The van der Waals surface area contributed by atoms with Crippen LogP contribution < -0.4 is 9.47 Å². The number of piperazine rings is 1. The average molecular weight is 486 g/mol. The highest BCUT2D eigenvalue weighted by molar-refractivity contribution is 8.31. The van der Waals surface area contributed by atoms with Gasteiger partial charge in [0.2, 0.25) is 0 Å². The predicted octanol–water partition coefficient (Wildman–Crippen LogP) is 3.47. The highest BCUT2D eigenvalue weighted by Crippen LogP contribution is 2.50. The molecule has 9 heteroatoms. The van der Waals surface area contributed by atoms with Gasteiger partial charge in [0.1, 0.15) is 35.6 Å². The third kappa shape index (κ3) is 5.22. The standard InChI is InChI=1S/C25H35N5O3S/c1-18-19(2)34(17-28-18)25-24-22(26-16-27-25)14-21(15-23(24)33-20-4-11-31-12-5-20)32-13-10-30-8-6-29(3)7-9-30/h14-17,20,34H,4-13H2,1-3H3.